The van der Waals surface area contributed by atoms with Crippen LogP contribution in [-0.4, -0.2) is 53.0 Å². The van der Waals surface area contributed by atoms with Gasteiger partial charge in [-0.25, -0.2) is 4.79 Å². The molecule has 22 heavy (non-hydrogen) atoms. The molecule has 1 saturated heterocycles. The van der Waals surface area contributed by atoms with Gasteiger partial charge in [-0.3, -0.25) is 14.9 Å². The van der Waals surface area contributed by atoms with Crippen LogP contribution in [0.2, 0.25) is 0 Å². The number of likely N-dealkylation sites (tertiary alicyclic amines) is 1. The number of hydrogen-bond donors (Lipinski definition) is 1. The quantitative estimate of drug-likeness (QED) is 0.645. The Kier molecular flexibility index (Phi) is 4.59. The molecule has 8 nitrogen and oxygen atoms in total. The largest absolute Gasteiger partial charge is 0.480 e. The second-order valence-corrected chi connectivity index (χ2v) is 5.19. The van der Waals surface area contributed by atoms with Crippen LogP contribution in [0.5, 0.6) is 0 Å². The number of amides is 1. The standard InChI is InChI=1S/C14H17N3O5/c1-15(10-5-2-3-6-11(10)17(21)22)9-13(18)16-8-4-7-12(16)14(19)20/h2-3,5-6,12H,4,7-9H2,1H3,(H,19,20)/t12-/m1/s1. The van der Waals surface area contributed by atoms with Gasteiger partial charge in [0.1, 0.15) is 11.7 Å². The first kappa shape index (κ1) is 15.7. The molecule has 0 aromatic heterocycles. The Morgan fingerprint density at radius 3 is 2.77 bits per heavy atom. The zero-order chi connectivity index (χ0) is 16.3. The summed E-state index contributed by atoms with van der Waals surface area (Å²) >= 11 is 0. The summed E-state index contributed by atoms with van der Waals surface area (Å²) < 4.78 is 0. The number of rotatable bonds is 5. The lowest BCUT2D eigenvalue weighted by atomic mass is 10.2. The number of para-hydroxylation sites is 2. The van der Waals surface area contributed by atoms with Gasteiger partial charge in [0.2, 0.25) is 5.91 Å². The average Bonchev–Trinajstić information content (AvgIpc) is 2.96. The Hall–Kier alpha value is -2.64. The fourth-order valence-electron chi connectivity index (χ4n) is 2.64. The molecule has 1 N–H and O–H groups in total. The summed E-state index contributed by atoms with van der Waals surface area (Å²) in [7, 11) is 1.58. The van der Waals surface area contributed by atoms with Crippen LogP contribution in [-0.2, 0) is 9.59 Å². The molecule has 1 aliphatic rings. The summed E-state index contributed by atoms with van der Waals surface area (Å²) in [5.74, 6) is -1.36. The van der Waals surface area contributed by atoms with Gasteiger partial charge in [-0.15, -0.1) is 0 Å². The minimum absolute atomic E-state index is 0.0889. The maximum Gasteiger partial charge on any atom is 0.326 e. The van der Waals surface area contributed by atoms with E-state index in [-0.39, 0.29) is 18.1 Å². The Bertz CT molecular complexity index is 604. The number of carboxylic acids is 1. The van der Waals surface area contributed by atoms with E-state index in [1.807, 2.05) is 0 Å². The summed E-state index contributed by atoms with van der Waals surface area (Å²) in [6, 6.07) is 5.33. The van der Waals surface area contributed by atoms with Crippen LogP contribution in [0.3, 0.4) is 0 Å². The molecule has 2 rings (SSSR count). The molecule has 118 valence electrons. The molecule has 0 aliphatic carbocycles. The highest BCUT2D eigenvalue weighted by Gasteiger charge is 2.34. The molecular weight excluding hydrogens is 290 g/mol. The summed E-state index contributed by atoms with van der Waals surface area (Å²) in [6.07, 6.45) is 1.09. The second kappa shape index (κ2) is 6.42. The minimum Gasteiger partial charge on any atom is -0.480 e. The van der Waals surface area contributed by atoms with Gasteiger partial charge >= 0.3 is 5.97 Å². The number of carbonyl (C=O) groups is 2. The van der Waals surface area contributed by atoms with E-state index >= 15 is 0 Å². The van der Waals surface area contributed by atoms with E-state index in [0.29, 0.717) is 25.1 Å². The Labute approximate surface area is 127 Å². The number of hydrogen-bond acceptors (Lipinski definition) is 5. The Morgan fingerprint density at radius 2 is 2.14 bits per heavy atom. The van der Waals surface area contributed by atoms with Crippen LogP contribution in [0.15, 0.2) is 24.3 Å². The molecule has 1 amide bonds. The first-order valence-electron chi connectivity index (χ1n) is 6.88. The average molecular weight is 307 g/mol. The maximum atomic E-state index is 12.3. The maximum absolute atomic E-state index is 12.3. The predicted octanol–water partition coefficient (Wildman–Crippen LogP) is 1.11. The molecule has 0 unspecified atom stereocenters. The summed E-state index contributed by atoms with van der Waals surface area (Å²) in [5, 5.41) is 20.1. The molecule has 0 radical (unpaired) electrons. The smallest absolute Gasteiger partial charge is 0.326 e. The molecule has 0 spiro atoms. The highest BCUT2D eigenvalue weighted by atomic mass is 16.6. The third-order valence-corrected chi connectivity index (χ3v) is 3.72. The summed E-state index contributed by atoms with van der Waals surface area (Å²) in [5.41, 5.74) is 0.237. The van der Waals surface area contributed by atoms with Crippen molar-refractivity contribution < 1.29 is 19.6 Å². The van der Waals surface area contributed by atoms with Crippen LogP contribution < -0.4 is 4.90 Å². The monoisotopic (exact) mass is 307 g/mol. The number of anilines is 1. The molecule has 8 heteroatoms. The van der Waals surface area contributed by atoms with Crippen molar-refractivity contribution in [2.45, 2.75) is 18.9 Å². The van der Waals surface area contributed by atoms with Crippen molar-refractivity contribution in [2.75, 3.05) is 25.0 Å². The van der Waals surface area contributed by atoms with Crippen LogP contribution in [0.1, 0.15) is 12.8 Å². The van der Waals surface area contributed by atoms with Gasteiger partial charge in [-0.05, 0) is 18.9 Å². The molecule has 0 bridgehead atoms. The molecule has 1 aromatic carbocycles. The van der Waals surface area contributed by atoms with Crippen molar-refractivity contribution in [1.82, 2.24) is 4.90 Å². The lowest BCUT2D eigenvalue weighted by Crippen LogP contribution is -2.45. The van der Waals surface area contributed by atoms with Crippen LogP contribution in [0.25, 0.3) is 0 Å². The van der Waals surface area contributed by atoms with Crippen molar-refractivity contribution in [1.29, 1.82) is 0 Å². The number of aliphatic carboxylic acids is 1. The minimum atomic E-state index is -1.01. The van der Waals surface area contributed by atoms with Crippen molar-refractivity contribution in [3.05, 3.63) is 34.4 Å². The van der Waals surface area contributed by atoms with Gasteiger partial charge < -0.3 is 14.9 Å². The van der Waals surface area contributed by atoms with E-state index in [9.17, 15) is 19.7 Å². The SMILES string of the molecule is CN(CC(=O)N1CCC[C@@H]1C(=O)O)c1ccccc1[N+](=O)[O-]. The van der Waals surface area contributed by atoms with E-state index in [2.05, 4.69) is 0 Å². The first-order valence-corrected chi connectivity index (χ1v) is 6.88. The Balaban J connectivity index is 2.12. The van der Waals surface area contributed by atoms with Crippen molar-refractivity contribution in [2.24, 2.45) is 0 Å². The van der Waals surface area contributed by atoms with Crippen molar-refractivity contribution >= 4 is 23.3 Å². The highest BCUT2D eigenvalue weighted by Crippen LogP contribution is 2.27. The molecule has 1 fully saturated rings. The fraction of sp³-hybridized carbons (Fsp3) is 0.429. The van der Waals surface area contributed by atoms with E-state index in [4.69, 9.17) is 5.11 Å². The van der Waals surface area contributed by atoms with Gasteiger partial charge in [-0.1, -0.05) is 12.1 Å². The molecule has 1 atom stereocenters. The third kappa shape index (κ3) is 3.16. The van der Waals surface area contributed by atoms with Gasteiger partial charge in [0.25, 0.3) is 5.69 Å². The summed E-state index contributed by atoms with van der Waals surface area (Å²) in [6.45, 7) is 0.301. The fourth-order valence-corrected chi connectivity index (χ4v) is 2.64. The van der Waals surface area contributed by atoms with Gasteiger partial charge in [0.05, 0.1) is 11.5 Å². The van der Waals surface area contributed by atoms with Gasteiger partial charge in [-0.2, -0.15) is 0 Å². The number of nitrogens with zero attached hydrogens (tertiary/aromatic N) is 3. The molecule has 1 aromatic rings. The predicted molar refractivity (Wildman–Crippen MR) is 78.7 cm³/mol. The molecule has 0 saturated carbocycles. The van der Waals surface area contributed by atoms with E-state index in [1.165, 1.54) is 15.9 Å². The number of benzene rings is 1. The third-order valence-electron chi connectivity index (χ3n) is 3.72. The molecule has 1 heterocycles. The van der Waals surface area contributed by atoms with E-state index in [0.717, 1.165) is 0 Å². The first-order chi connectivity index (χ1) is 10.4. The van der Waals surface area contributed by atoms with Crippen molar-refractivity contribution in [3.8, 4) is 0 Å². The van der Waals surface area contributed by atoms with E-state index in [1.54, 1.807) is 25.2 Å². The zero-order valence-electron chi connectivity index (χ0n) is 12.1. The number of carbonyl (C=O) groups excluding carboxylic acids is 1. The second-order valence-electron chi connectivity index (χ2n) is 5.19. The molecular formula is C14H17N3O5. The van der Waals surface area contributed by atoms with Gasteiger partial charge in [0, 0.05) is 19.7 Å². The number of likely N-dealkylation sites (N-methyl/N-ethyl adjacent to an activating group) is 1. The summed E-state index contributed by atoms with van der Waals surface area (Å²) in [4.78, 5) is 36.7. The number of nitro groups is 1. The number of carboxylic acid groups (broad SMARTS) is 1. The Morgan fingerprint density at radius 1 is 1.45 bits per heavy atom. The number of nitro benzene ring substituents is 1. The van der Waals surface area contributed by atoms with Crippen molar-refractivity contribution in [3.63, 3.8) is 0 Å². The molecule has 1 aliphatic heterocycles. The van der Waals surface area contributed by atoms with E-state index < -0.39 is 16.9 Å². The lowest BCUT2D eigenvalue weighted by Gasteiger charge is -2.25. The van der Waals surface area contributed by atoms with Crippen LogP contribution in [0, 0.1) is 10.1 Å². The topological polar surface area (TPSA) is 104 Å². The highest BCUT2D eigenvalue weighted by molar-refractivity contribution is 5.87. The zero-order valence-corrected chi connectivity index (χ0v) is 12.1. The normalized spacial score (nSPS) is 17.3. The van der Waals surface area contributed by atoms with Crippen LogP contribution >= 0.6 is 0 Å². The lowest BCUT2D eigenvalue weighted by molar-refractivity contribution is -0.384. The van der Waals surface area contributed by atoms with Crippen LogP contribution in [0.4, 0.5) is 11.4 Å². The van der Waals surface area contributed by atoms with Gasteiger partial charge in [0.15, 0.2) is 0 Å².